The number of aromatic amines is 1. The van der Waals surface area contributed by atoms with Crippen molar-refractivity contribution >= 4 is 40.5 Å². The molecule has 0 aliphatic carbocycles. The van der Waals surface area contributed by atoms with Crippen LogP contribution in [0.3, 0.4) is 0 Å². The summed E-state index contributed by atoms with van der Waals surface area (Å²) in [6, 6.07) is 10.9. The van der Waals surface area contributed by atoms with Gasteiger partial charge in [0.1, 0.15) is 0 Å². The van der Waals surface area contributed by atoms with Crippen molar-refractivity contribution in [2.24, 2.45) is 0 Å². The van der Waals surface area contributed by atoms with E-state index in [9.17, 15) is 14.4 Å². The molecule has 1 aromatic heterocycles. The maximum Gasteiger partial charge on any atom is 0.417 e. The first-order valence-corrected chi connectivity index (χ1v) is 9.74. The second kappa shape index (κ2) is 7.75. The van der Waals surface area contributed by atoms with Gasteiger partial charge in [-0.2, -0.15) is 0 Å². The Morgan fingerprint density at radius 1 is 1.13 bits per heavy atom. The van der Waals surface area contributed by atoms with Crippen LogP contribution >= 0.6 is 11.6 Å². The number of oxazole rings is 1. The van der Waals surface area contributed by atoms with Gasteiger partial charge < -0.3 is 9.73 Å². The fourth-order valence-corrected chi connectivity index (χ4v) is 3.43. The number of carbonyl (C=O) groups excluding carboxylic acids is 2. The number of nitrogens with one attached hydrogen (secondary N) is 3. The lowest BCUT2D eigenvalue weighted by Crippen LogP contribution is -2.68. The Hall–Kier alpha value is -3.46. The molecule has 4 rings (SSSR count). The van der Waals surface area contributed by atoms with Crippen LogP contribution in [0.15, 0.2) is 51.7 Å². The van der Waals surface area contributed by atoms with Gasteiger partial charge in [-0.15, -0.1) is 0 Å². The van der Waals surface area contributed by atoms with E-state index in [4.69, 9.17) is 16.0 Å². The summed E-state index contributed by atoms with van der Waals surface area (Å²) in [5.74, 6) is -0.555. The highest BCUT2D eigenvalue weighted by Gasteiger charge is 2.39. The number of nitrogens with zero attached hydrogens (tertiary/aromatic N) is 2. The molecule has 2 heterocycles. The zero-order valence-electron chi connectivity index (χ0n) is 16.3. The van der Waals surface area contributed by atoms with Crippen LogP contribution in [0.1, 0.15) is 19.4 Å². The van der Waals surface area contributed by atoms with E-state index in [0.717, 1.165) is 5.56 Å². The summed E-state index contributed by atoms with van der Waals surface area (Å²) >= 11 is 5.96. The number of anilines is 1. The average Bonchev–Trinajstić information content (AvgIpc) is 3.05. The maximum absolute atomic E-state index is 13.1. The van der Waals surface area contributed by atoms with Crippen LogP contribution in [0.25, 0.3) is 11.1 Å². The molecular formula is C20H20ClN5O4. The van der Waals surface area contributed by atoms with Crippen molar-refractivity contribution in [1.82, 2.24) is 20.1 Å². The fourth-order valence-electron chi connectivity index (χ4n) is 3.31. The van der Waals surface area contributed by atoms with Crippen LogP contribution in [0, 0.1) is 0 Å². The van der Waals surface area contributed by atoms with Crippen LogP contribution in [0.5, 0.6) is 0 Å². The molecule has 0 saturated carbocycles. The minimum atomic E-state index is -0.807. The van der Waals surface area contributed by atoms with Crippen molar-refractivity contribution in [2.75, 3.05) is 5.32 Å². The molecule has 30 heavy (non-hydrogen) atoms. The molecule has 3 aromatic rings. The monoisotopic (exact) mass is 429 g/mol. The van der Waals surface area contributed by atoms with E-state index in [1.54, 1.807) is 44.2 Å². The minimum absolute atomic E-state index is 0.249. The first kappa shape index (κ1) is 19.8. The second-order valence-electron chi connectivity index (χ2n) is 7.22. The molecule has 2 aromatic carbocycles. The quantitative estimate of drug-likeness (QED) is 0.574. The summed E-state index contributed by atoms with van der Waals surface area (Å²) in [7, 11) is 0. The Morgan fingerprint density at radius 2 is 1.87 bits per heavy atom. The van der Waals surface area contributed by atoms with Gasteiger partial charge in [0, 0.05) is 22.8 Å². The molecule has 1 saturated heterocycles. The number of halogens is 1. The van der Waals surface area contributed by atoms with Gasteiger partial charge in [-0.1, -0.05) is 23.7 Å². The molecule has 4 amide bonds. The number of H-pyrrole nitrogens is 1. The largest absolute Gasteiger partial charge is 0.417 e. The summed E-state index contributed by atoms with van der Waals surface area (Å²) in [6.07, 6.45) is -0.807. The standard InChI is InChI=1S/C20H20ClN5O4/c1-11(2)26-18(27)24-17(22-14-7-8-15-16(9-14)30-19(28)23-15)25(20(26)29)10-12-3-5-13(21)6-4-12/h3-9,11,17,22H,10H2,1-2H3,(H,23,28)(H,24,27). The van der Waals surface area contributed by atoms with Crippen molar-refractivity contribution in [2.45, 2.75) is 32.7 Å². The predicted octanol–water partition coefficient (Wildman–Crippen LogP) is 3.53. The Bertz CT molecular complexity index is 1150. The summed E-state index contributed by atoms with van der Waals surface area (Å²) in [5.41, 5.74) is 2.35. The van der Waals surface area contributed by atoms with Crippen LogP contribution in [0.2, 0.25) is 5.02 Å². The van der Waals surface area contributed by atoms with E-state index in [-0.39, 0.29) is 12.6 Å². The number of amides is 4. The molecule has 1 fully saturated rings. The number of rotatable bonds is 5. The van der Waals surface area contributed by atoms with Crippen molar-refractivity contribution in [3.05, 3.63) is 63.6 Å². The highest BCUT2D eigenvalue weighted by Crippen LogP contribution is 2.22. The number of benzene rings is 2. The lowest BCUT2D eigenvalue weighted by molar-refractivity contribution is 0.0975. The molecule has 0 spiro atoms. The highest BCUT2D eigenvalue weighted by atomic mass is 35.5. The number of hydrogen-bond donors (Lipinski definition) is 3. The number of carbonyl (C=O) groups is 2. The number of urea groups is 2. The molecular weight excluding hydrogens is 410 g/mol. The van der Waals surface area contributed by atoms with Gasteiger partial charge in [0.15, 0.2) is 11.9 Å². The van der Waals surface area contributed by atoms with Crippen molar-refractivity contribution in [3.8, 4) is 0 Å². The van der Waals surface area contributed by atoms with Crippen molar-refractivity contribution in [3.63, 3.8) is 0 Å². The summed E-state index contributed by atoms with van der Waals surface area (Å²) in [5, 5.41) is 6.54. The molecule has 3 N–H and O–H groups in total. The molecule has 0 bridgehead atoms. The van der Waals surface area contributed by atoms with Gasteiger partial charge in [0.25, 0.3) is 0 Å². The molecule has 0 radical (unpaired) electrons. The minimum Gasteiger partial charge on any atom is -0.408 e. The van der Waals surface area contributed by atoms with E-state index in [0.29, 0.717) is 21.8 Å². The molecule has 1 atom stereocenters. The van der Waals surface area contributed by atoms with Gasteiger partial charge >= 0.3 is 17.8 Å². The SMILES string of the molecule is CC(C)N1C(=O)NC(Nc2ccc3[nH]c(=O)oc3c2)N(Cc2ccc(Cl)cc2)C1=O. The Morgan fingerprint density at radius 3 is 2.57 bits per heavy atom. The first-order chi connectivity index (χ1) is 14.3. The maximum atomic E-state index is 13.1. The smallest absolute Gasteiger partial charge is 0.408 e. The molecule has 1 unspecified atom stereocenters. The van der Waals surface area contributed by atoms with Gasteiger partial charge in [-0.05, 0) is 43.7 Å². The van der Waals surface area contributed by atoms with E-state index in [1.807, 2.05) is 12.1 Å². The fraction of sp³-hybridized carbons (Fsp3) is 0.250. The lowest BCUT2D eigenvalue weighted by atomic mass is 10.2. The third-order valence-electron chi connectivity index (χ3n) is 4.75. The van der Waals surface area contributed by atoms with Gasteiger partial charge in [0.2, 0.25) is 0 Å². The third kappa shape index (κ3) is 3.84. The van der Waals surface area contributed by atoms with Crippen LogP contribution < -0.4 is 16.4 Å². The number of fused-ring (bicyclic) bond motifs is 1. The summed E-state index contributed by atoms with van der Waals surface area (Å²) in [6.45, 7) is 3.79. The van der Waals surface area contributed by atoms with Gasteiger partial charge in [-0.3, -0.25) is 15.2 Å². The predicted molar refractivity (Wildman–Crippen MR) is 112 cm³/mol. The normalized spacial score (nSPS) is 17.0. The number of imide groups is 1. The summed E-state index contributed by atoms with van der Waals surface area (Å²) < 4.78 is 5.08. The van der Waals surface area contributed by atoms with Gasteiger partial charge in [-0.25, -0.2) is 19.3 Å². The number of aromatic nitrogens is 1. The van der Waals surface area contributed by atoms with Crippen LogP contribution in [-0.4, -0.2) is 39.2 Å². The highest BCUT2D eigenvalue weighted by molar-refractivity contribution is 6.30. The molecule has 10 heteroatoms. The zero-order chi connectivity index (χ0) is 21.4. The molecule has 1 aliphatic heterocycles. The second-order valence-corrected chi connectivity index (χ2v) is 7.66. The van der Waals surface area contributed by atoms with Crippen LogP contribution in [-0.2, 0) is 6.54 Å². The Labute approximate surface area is 176 Å². The van der Waals surface area contributed by atoms with E-state index >= 15 is 0 Å². The molecule has 1 aliphatic rings. The molecule has 9 nitrogen and oxygen atoms in total. The summed E-state index contributed by atoms with van der Waals surface area (Å²) in [4.78, 5) is 42.3. The first-order valence-electron chi connectivity index (χ1n) is 9.36. The van der Waals surface area contributed by atoms with Crippen molar-refractivity contribution in [1.29, 1.82) is 0 Å². The van der Waals surface area contributed by atoms with E-state index in [1.165, 1.54) is 9.80 Å². The Kier molecular flexibility index (Phi) is 5.13. The number of hydrogen-bond acceptors (Lipinski definition) is 5. The Balaban J connectivity index is 1.64. The lowest BCUT2D eigenvalue weighted by Gasteiger charge is -2.42. The third-order valence-corrected chi connectivity index (χ3v) is 5.00. The zero-order valence-corrected chi connectivity index (χ0v) is 17.1. The van der Waals surface area contributed by atoms with E-state index in [2.05, 4.69) is 15.6 Å². The van der Waals surface area contributed by atoms with Crippen molar-refractivity contribution < 1.29 is 14.0 Å². The van der Waals surface area contributed by atoms with Crippen LogP contribution in [0.4, 0.5) is 15.3 Å². The topological polar surface area (TPSA) is 111 Å². The van der Waals surface area contributed by atoms with Gasteiger partial charge in [0.05, 0.1) is 12.1 Å². The van der Waals surface area contributed by atoms with E-state index < -0.39 is 24.1 Å². The molecule has 156 valence electrons. The average molecular weight is 430 g/mol.